The lowest BCUT2D eigenvalue weighted by atomic mass is 10.0. The zero-order valence-corrected chi connectivity index (χ0v) is 15.0. The number of hydrogen-bond donors (Lipinski definition) is 0. The van der Waals surface area contributed by atoms with E-state index in [2.05, 4.69) is 0 Å². The van der Waals surface area contributed by atoms with E-state index in [9.17, 15) is 19.6 Å². The monoisotopic (exact) mass is 363 g/mol. The number of nitriles is 1. The lowest BCUT2D eigenvalue weighted by Crippen LogP contribution is -2.42. The predicted molar refractivity (Wildman–Crippen MR) is 99.1 cm³/mol. The molecule has 3 aromatic rings. The molecule has 7 nitrogen and oxygen atoms in total. The van der Waals surface area contributed by atoms with E-state index in [1.165, 1.54) is 10.6 Å². The first kappa shape index (κ1) is 17.0. The Kier molecular flexibility index (Phi) is 3.84. The molecule has 7 heteroatoms. The van der Waals surface area contributed by atoms with Crippen LogP contribution < -0.4 is 16.9 Å². The molecule has 0 aliphatic carbocycles. The SMILES string of the molecule is Cc1cc2oc(=O)cc(Cn3c(=O)c(C#N)c4n(c3=O)CCC4)c2cc1C. The van der Waals surface area contributed by atoms with Crippen LogP contribution in [-0.4, -0.2) is 9.13 Å². The highest BCUT2D eigenvalue weighted by atomic mass is 16.4. The van der Waals surface area contributed by atoms with Crippen molar-refractivity contribution in [3.8, 4) is 6.07 Å². The molecular weight excluding hydrogens is 346 g/mol. The zero-order valence-electron chi connectivity index (χ0n) is 15.0. The molecule has 4 rings (SSSR count). The molecule has 136 valence electrons. The lowest BCUT2D eigenvalue weighted by molar-refractivity contribution is 0.553. The van der Waals surface area contributed by atoms with Crippen molar-refractivity contribution in [3.63, 3.8) is 0 Å². The minimum atomic E-state index is -0.610. The molecular formula is C20H17N3O4. The van der Waals surface area contributed by atoms with Crippen molar-refractivity contribution in [2.75, 3.05) is 0 Å². The number of aryl methyl sites for hydroxylation is 2. The van der Waals surface area contributed by atoms with Crippen molar-refractivity contribution in [3.05, 3.63) is 77.4 Å². The minimum absolute atomic E-state index is 0.00592. The summed E-state index contributed by atoms with van der Waals surface area (Å²) in [6.45, 7) is 4.25. The van der Waals surface area contributed by atoms with E-state index in [4.69, 9.17) is 4.42 Å². The molecule has 0 unspecified atom stereocenters. The number of rotatable bonds is 2. The standard InChI is InChI=1S/C20H17N3O4/c1-11-6-14-13(8-18(24)27-17(14)7-12(11)2)10-23-19(25)15(9-21)16-4-3-5-22(16)20(23)26/h6-8H,3-5,10H2,1-2H3. The first-order chi connectivity index (χ1) is 12.9. The van der Waals surface area contributed by atoms with Gasteiger partial charge in [0.05, 0.1) is 6.54 Å². The summed E-state index contributed by atoms with van der Waals surface area (Å²) >= 11 is 0. The summed E-state index contributed by atoms with van der Waals surface area (Å²) in [6.07, 6.45) is 1.27. The fourth-order valence-corrected chi connectivity index (χ4v) is 3.67. The van der Waals surface area contributed by atoms with E-state index >= 15 is 0 Å². The highest BCUT2D eigenvalue weighted by Crippen LogP contribution is 2.22. The summed E-state index contributed by atoms with van der Waals surface area (Å²) < 4.78 is 7.80. The van der Waals surface area contributed by atoms with Crippen LogP contribution in [0.4, 0.5) is 0 Å². The Morgan fingerprint density at radius 1 is 1.15 bits per heavy atom. The van der Waals surface area contributed by atoms with Gasteiger partial charge in [-0.15, -0.1) is 0 Å². The Morgan fingerprint density at radius 3 is 2.63 bits per heavy atom. The maximum absolute atomic E-state index is 12.8. The largest absolute Gasteiger partial charge is 0.423 e. The molecule has 2 aromatic heterocycles. The Bertz CT molecular complexity index is 1320. The van der Waals surface area contributed by atoms with Gasteiger partial charge in [0.2, 0.25) is 0 Å². The van der Waals surface area contributed by atoms with Crippen molar-refractivity contribution in [1.82, 2.24) is 9.13 Å². The van der Waals surface area contributed by atoms with Crippen LogP contribution in [0, 0.1) is 25.2 Å². The summed E-state index contributed by atoms with van der Waals surface area (Å²) in [5.74, 6) is 0. The minimum Gasteiger partial charge on any atom is -0.423 e. The third kappa shape index (κ3) is 2.61. The first-order valence-electron chi connectivity index (χ1n) is 8.71. The van der Waals surface area contributed by atoms with E-state index in [0.717, 1.165) is 22.1 Å². The quantitative estimate of drug-likeness (QED) is 0.644. The van der Waals surface area contributed by atoms with Gasteiger partial charge in [0.25, 0.3) is 5.56 Å². The molecule has 3 heterocycles. The van der Waals surface area contributed by atoms with Crippen LogP contribution in [0.5, 0.6) is 0 Å². The molecule has 1 aromatic carbocycles. The Hall–Kier alpha value is -3.40. The van der Waals surface area contributed by atoms with Gasteiger partial charge in [-0.05, 0) is 55.5 Å². The molecule has 0 atom stereocenters. The van der Waals surface area contributed by atoms with Crippen LogP contribution in [0.15, 0.2) is 37.0 Å². The second-order valence-electron chi connectivity index (χ2n) is 6.89. The maximum Gasteiger partial charge on any atom is 0.336 e. The number of hydrogen-bond acceptors (Lipinski definition) is 5. The molecule has 0 fully saturated rings. The molecule has 0 amide bonds. The average Bonchev–Trinajstić information content (AvgIpc) is 3.10. The van der Waals surface area contributed by atoms with E-state index in [-0.39, 0.29) is 12.1 Å². The summed E-state index contributed by atoms with van der Waals surface area (Å²) in [4.78, 5) is 37.5. The topological polar surface area (TPSA) is 98.0 Å². The van der Waals surface area contributed by atoms with Gasteiger partial charge in [0.1, 0.15) is 17.2 Å². The second kappa shape index (κ2) is 6.09. The van der Waals surface area contributed by atoms with Gasteiger partial charge in [-0.3, -0.25) is 13.9 Å². The van der Waals surface area contributed by atoms with E-state index in [1.54, 1.807) is 6.07 Å². The van der Waals surface area contributed by atoms with Crippen LogP contribution in [0.25, 0.3) is 11.0 Å². The normalized spacial score (nSPS) is 12.9. The van der Waals surface area contributed by atoms with Gasteiger partial charge in [0.15, 0.2) is 0 Å². The second-order valence-corrected chi connectivity index (χ2v) is 6.89. The van der Waals surface area contributed by atoms with Crippen molar-refractivity contribution >= 4 is 11.0 Å². The first-order valence-corrected chi connectivity index (χ1v) is 8.71. The maximum atomic E-state index is 12.8. The molecule has 1 aliphatic rings. The van der Waals surface area contributed by atoms with Crippen molar-refractivity contribution < 1.29 is 4.42 Å². The van der Waals surface area contributed by atoms with Gasteiger partial charge in [0, 0.05) is 23.7 Å². The number of aromatic nitrogens is 2. The fraction of sp³-hybridized carbons (Fsp3) is 0.300. The summed E-state index contributed by atoms with van der Waals surface area (Å²) in [6, 6.07) is 6.89. The molecule has 0 bridgehead atoms. The van der Waals surface area contributed by atoms with E-state index in [0.29, 0.717) is 35.2 Å². The Balaban J connectivity index is 1.98. The van der Waals surface area contributed by atoms with E-state index < -0.39 is 16.9 Å². The third-order valence-corrected chi connectivity index (χ3v) is 5.22. The lowest BCUT2D eigenvalue weighted by Gasteiger charge is -2.12. The van der Waals surface area contributed by atoms with Gasteiger partial charge in [-0.2, -0.15) is 5.26 Å². The van der Waals surface area contributed by atoms with Crippen LogP contribution in [0.3, 0.4) is 0 Å². The molecule has 0 saturated heterocycles. The van der Waals surface area contributed by atoms with Crippen molar-refractivity contribution in [2.45, 2.75) is 39.8 Å². The van der Waals surface area contributed by atoms with Crippen LogP contribution in [-0.2, 0) is 19.5 Å². The molecule has 0 spiro atoms. The van der Waals surface area contributed by atoms with Gasteiger partial charge in [-0.1, -0.05) is 0 Å². The zero-order chi connectivity index (χ0) is 19.3. The van der Waals surface area contributed by atoms with E-state index in [1.807, 2.05) is 26.0 Å². The van der Waals surface area contributed by atoms with Crippen LogP contribution >= 0.6 is 0 Å². The summed E-state index contributed by atoms with van der Waals surface area (Å²) in [5, 5.41) is 10.1. The molecule has 0 radical (unpaired) electrons. The smallest absolute Gasteiger partial charge is 0.336 e. The third-order valence-electron chi connectivity index (χ3n) is 5.22. The average molecular weight is 363 g/mol. The highest BCUT2D eigenvalue weighted by Gasteiger charge is 2.23. The highest BCUT2D eigenvalue weighted by molar-refractivity contribution is 5.81. The Morgan fingerprint density at radius 2 is 1.89 bits per heavy atom. The predicted octanol–water partition coefficient (Wildman–Crippen LogP) is 1.60. The number of nitrogens with zero attached hydrogens (tertiary/aromatic N) is 3. The Labute approximate surface area is 153 Å². The number of benzene rings is 1. The van der Waals surface area contributed by atoms with Crippen LogP contribution in [0.2, 0.25) is 0 Å². The molecule has 0 saturated carbocycles. The summed E-state index contributed by atoms with van der Waals surface area (Å²) in [7, 11) is 0. The molecule has 1 aliphatic heterocycles. The van der Waals surface area contributed by atoms with Gasteiger partial charge < -0.3 is 4.42 Å². The molecule has 27 heavy (non-hydrogen) atoms. The summed E-state index contributed by atoms with van der Waals surface area (Å²) in [5.41, 5.74) is 1.83. The van der Waals surface area contributed by atoms with Crippen molar-refractivity contribution in [2.24, 2.45) is 0 Å². The molecule has 0 N–H and O–H groups in total. The van der Waals surface area contributed by atoms with Crippen molar-refractivity contribution in [1.29, 1.82) is 5.26 Å². The van der Waals surface area contributed by atoms with Crippen LogP contribution in [0.1, 0.15) is 34.4 Å². The fourth-order valence-electron chi connectivity index (χ4n) is 3.67. The number of fused-ring (bicyclic) bond motifs is 2. The van der Waals surface area contributed by atoms with Gasteiger partial charge in [-0.25, -0.2) is 9.59 Å². The van der Waals surface area contributed by atoms with Gasteiger partial charge >= 0.3 is 11.3 Å².